The van der Waals surface area contributed by atoms with Crippen molar-refractivity contribution >= 4 is 9.84 Å². The van der Waals surface area contributed by atoms with Crippen LogP contribution in [0, 0.1) is 5.92 Å². The zero-order valence-corrected chi connectivity index (χ0v) is 12.8. The predicted molar refractivity (Wildman–Crippen MR) is 74.8 cm³/mol. The van der Waals surface area contributed by atoms with E-state index in [-0.39, 0.29) is 17.3 Å². The number of methoxy groups -OCH3 is 1. The first-order valence-corrected chi connectivity index (χ1v) is 9.24. The molecule has 0 aliphatic heterocycles. The summed E-state index contributed by atoms with van der Waals surface area (Å²) in [5.41, 5.74) is -0.720. The molecule has 2 aliphatic rings. The van der Waals surface area contributed by atoms with E-state index in [1.54, 1.807) is 7.11 Å². The van der Waals surface area contributed by atoms with Crippen molar-refractivity contribution in [3.8, 4) is 0 Å². The van der Waals surface area contributed by atoms with Crippen LogP contribution in [0.5, 0.6) is 0 Å². The first-order chi connectivity index (χ1) is 8.85. The van der Waals surface area contributed by atoms with Crippen LogP contribution in [0.15, 0.2) is 0 Å². The Labute approximate surface area is 116 Å². The Morgan fingerprint density at radius 1 is 1.21 bits per heavy atom. The number of sulfone groups is 1. The first kappa shape index (κ1) is 15.3. The van der Waals surface area contributed by atoms with Crippen molar-refractivity contribution in [2.45, 2.75) is 68.3 Å². The summed E-state index contributed by atoms with van der Waals surface area (Å²) < 4.78 is 28.9. The van der Waals surface area contributed by atoms with Gasteiger partial charge in [-0.1, -0.05) is 6.42 Å². The van der Waals surface area contributed by atoms with E-state index in [0.717, 1.165) is 38.5 Å². The number of hydrogen-bond donors (Lipinski definition) is 1. The maximum absolute atomic E-state index is 11.7. The molecular formula is C14H26O4S. The highest BCUT2D eigenvalue weighted by atomic mass is 32.2. The average Bonchev–Trinajstić information content (AvgIpc) is 2.38. The average molecular weight is 290 g/mol. The summed E-state index contributed by atoms with van der Waals surface area (Å²) in [5.74, 6) is 0.110. The van der Waals surface area contributed by atoms with Crippen LogP contribution in [0.2, 0.25) is 0 Å². The molecule has 112 valence electrons. The molecule has 4 unspecified atom stereocenters. The summed E-state index contributed by atoms with van der Waals surface area (Å²) in [6.45, 7) is 0. The Bertz CT molecular complexity index is 406. The fraction of sp³-hybridized carbons (Fsp3) is 1.00. The van der Waals surface area contributed by atoms with Crippen molar-refractivity contribution in [3.63, 3.8) is 0 Å². The van der Waals surface area contributed by atoms with Crippen molar-refractivity contribution in [3.05, 3.63) is 0 Å². The molecule has 2 saturated carbocycles. The molecule has 0 aromatic heterocycles. The lowest BCUT2D eigenvalue weighted by molar-refractivity contribution is -0.102. The summed E-state index contributed by atoms with van der Waals surface area (Å²) >= 11 is 0. The Kier molecular flexibility index (Phi) is 4.58. The van der Waals surface area contributed by atoms with Crippen LogP contribution in [-0.2, 0) is 14.6 Å². The molecule has 4 nitrogen and oxygen atoms in total. The maximum atomic E-state index is 11.7. The molecule has 0 saturated heterocycles. The molecule has 0 radical (unpaired) electrons. The third-order valence-electron chi connectivity index (χ3n) is 5.04. The fourth-order valence-corrected chi connectivity index (χ4v) is 5.00. The van der Waals surface area contributed by atoms with Gasteiger partial charge in [0.15, 0.2) is 0 Å². The monoisotopic (exact) mass is 290 g/mol. The Balaban J connectivity index is 2.07. The van der Waals surface area contributed by atoms with E-state index < -0.39 is 15.4 Å². The highest BCUT2D eigenvalue weighted by Crippen LogP contribution is 2.43. The van der Waals surface area contributed by atoms with Crippen LogP contribution in [0.1, 0.15) is 51.4 Å². The Morgan fingerprint density at radius 3 is 2.58 bits per heavy atom. The standard InChI is InChI=1S/C14H26O4S/c1-18-12-6-4-8-14(15,10-12)11-5-3-7-13(9-11)19(2,16)17/h11-13,15H,3-10H2,1-2H3. The summed E-state index contributed by atoms with van der Waals surface area (Å²) in [7, 11) is -1.29. The minimum Gasteiger partial charge on any atom is -0.390 e. The van der Waals surface area contributed by atoms with E-state index in [1.807, 2.05) is 0 Å². The zero-order chi connectivity index (χ0) is 14.1. The second-order valence-electron chi connectivity index (χ2n) is 6.37. The van der Waals surface area contributed by atoms with E-state index in [9.17, 15) is 13.5 Å². The fourth-order valence-electron chi connectivity index (χ4n) is 3.83. The lowest BCUT2D eigenvalue weighted by atomic mass is 9.69. The van der Waals surface area contributed by atoms with Crippen molar-refractivity contribution in [2.24, 2.45) is 5.92 Å². The van der Waals surface area contributed by atoms with Gasteiger partial charge in [0.1, 0.15) is 9.84 Å². The molecule has 19 heavy (non-hydrogen) atoms. The minimum atomic E-state index is -2.99. The molecule has 4 atom stereocenters. The van der Waals surface area contributed by atoms with Crippen molar-refractivity contribution in [1.82, 2.24) is 0 Å². The lowest BCUT2D eigenvalue weighted by Gasteiger charge is -2.44. The number of rotatable bonds is 3. The van der Waals surface area contributed by atoms with Gasteiger partial charge in [-0.2, -0.15) is 0 Å². The van der Waals surface area contributed by atoms with Gasteiger partial charge in [-0.05, 0) is 44.4 Å². The third-order valence-corrected chi connectivity index (χ3v) is 6.68. The van der Waals surface area contributed by atoms with Gasteiger partial charge in [-0.3, -0.25) is 0 Å². The van der Waals surface area contributed by atoms with Gasteiger partial charge < -0.3 is 9.84 Å². The van der Waals surface area contributed by atoms with Gasteiger partial charge >= 0.3 is 0 Å². The number of ether oxygens (including phenoxy) is 1. The van der Waals surface area contributed by atoms with Crippen LogP contribution in [-0.4, -0.2) is 43.8 Å². The first-order valence-electron chi connectivity index (χ1n) is 7.29. The summed E-state index contributed by atoms with van der Waals surface area (Å²) in [4.78, 5) is 0. The minimum absolute atomic E-state index is 0.110. The Morgan fingerprint density at radius 2 is 1.95 bits per heavy atom. The summed E-state index contributed by atoms with van der Waals surface area (Å²) in [5, 5.41) is 10.6. The molecule has 0 heterocycles. The van der Waals surface area contributed by atoms with Gasteiger partial charge in [0.25, 0.3) is 0 Å². The van der Waals surface area contributed by atoms with E-state index in [0.29, 0.717) is 12.8 Å². The highest BCUT2D eigenvalue weighted by Gasteiger charge is 2.44. The second-order valence-corrected chi connectivity index (χ2v) is 8.70. The van der Waals surface area contributed by atoms with E-state index >= 15 is 0 Å². The second kappa shape index (κ2) is 5.70. The normalized spacial score (nSPS) is 41.1. The Hall–Kier alpha value is -0.130. The molecule has 5 heteroatoms. The van der Waals surface area contributed by atoms with Gasteiger partial charge in [-0.15, -0.1) is 0 Å². The van der Waals surface area contributed by atoms with E-state index in [2.05, 4.69) is 0 Å². The molecule has 1 N–H and O–H groups in total. The molecule has 0 amide bonds. The molecular weight excluding hydrogens is 264 g/mol. The van der Waals surface area contributed by atoms with Crippen molar-refractivity contribution in [1.29, 1.82) is 0 Å². The quantitative estimate of drug-likeness (QED) is 0.862. The third kappa shape index (κ3) is 3.50. The number of hydrogen-bond acceptors (Lipinski definition) is 4. The molecule has 0 spiro atoms. The van der Waals surface area contributed by atoms with Crippen molar-refractivity contribution in [2.75, 3.05) is 13.4 Å². The SMILES string of the molecule is COC1CCCC(O)(C2CCCC(S(C)(=O)=O)C2)C1. The largest absolute Gasteiger partial charge is 0.390 e. The highest BCUT2D eigenvalue weighted by molar-refractivity contribution is 7.91. The smallest absolute Gasteiger partial charge is 0.150 e. The van der Waals surface area contributed by atoms with E-state index in [4.69, 9.17) is 4.74 Å². The molecule has 0 bridgehead atoms. The topological polar surface area (TPSA) is 63.6 Å². The van der Waals surface area contributed by atoms with Crippen LogP contribution < -0.4 is 0 Å². The predicted octanol–water partition coefficient (Wildman–Crippen LogP) is 1.91. The van der Waals surface area contributed by atoms with Crippen LogP contribution in [0.4, 0.5) is 0 Å². The molecule has 0 aromatic carbocycles. The van der Waals surface area contributed by atoms with Crippen LogP contribution in [0.25, 0.3) is 0 Å². The molecule has 2 aliphatic carbocycles. The van der Waals surface area contributed by atoms with Gasteiger partial charge in [-0.25, -0.2) is 8.42 Å². The van der Waals surface area contributed by atoms with Crippen LogP contribution >= 0.6 is 0 Å². The van der Waals surface area contributed by atoms with Gasteiger partial charge in [0.2, 0.25) is 0 Å². The van der Waals surface area contributed by atoms with Gasteiger partial charge in [0, 0.05) is 19.8 Å². The van der Waals surface area contributed by atoms with E-state index in [1.165, 1.54) is 6.26 Å². The maximum Gasteiger partial charge on any atom is 0.150 e. The molecule has 2 fully saturated rings. The lowest BCUT2D eigenvalue weighted by Crippen LogP contribution is -2.47. The molecule has 0 aromatic rings. The summed E-state index contributed by atoms with van der Waals surface area (Å²) in [6.07, 6.45) is 8.07. The zero-order valence-electron chi connectivity index (χ0n) is 12.0. The van der Waals surface area contributed by atoms with Crippen LogP contribution in [0.3, 0.4) is 0 Å². The van der Waals surface area contributed by atoms with Crippen molar-refractivity contribution < 1.29 is 18.3 Å². The number of aliphatic hydroxyl groups is 1. The summed E-state index contributed by atoms with van der Waals surface area (Å²) in [6, 6.07) is 0. The van der Waals surface area contributed by atoms with Gasteiger partial charge in [0.05, 0.1) is 17.0 Å². The molecule has 2 rings (SSSR count).